The first kappa shape index (κ1) is 17.8. The van der Waals surface area contributed by atoms with Gasteiger partial charge in [-0.3, -0.25) is 4.79 Å². The minimum Gasteiger partial charge on any atom is -0.548 e. The van der Waals surface area contributed by atoms with Gasteiger partial charge in [0.05, 0.1) is 5.97 Å². The first-order valence-electron chi connectivity index (χ1n) is 2.72. The molecule has 0 aliphatic rings. The van der Waals surface area contributed by atoms with E-state index in [1.807, 2.05) is 0 Å². The van der Waals surface area contributed by atoms with Crippen molar-refractivity contribution in [3.8, 4) is 0 Å². The molecule has 0 heterocycles. The van der Waals surface area contributed by atoms with Crippen LogP contribution >= 0.6 is 0 Å². The average Bonchev–Trinajstić information content (AvgIpc) is 1.82. The van der Waals surface area contributed by atoms with Crippen molar-refractivity contribution in [2.75, 3.05) is 0 Å². The molecule has 12 heavy (non-hydrogen) atoms. The van der Waals surface area contributed by atoms with Gasteiger partial charge in [-0.15, -0.1) is 0 Å². The van der Waals surface area contributed by atoms with Gasteiger partial charge in [0.1, 0.15) is 0 Å². The van der Waals surface area contributed by atoms with Crippen molar-refractivity contribution in [2.24, 2.45) is 5.73 Å². The standard InChI is InChI=1S/C5H9NO4.Na.H2O/c6-3(5(9)10)1-2-4(7)8;;/h3H,1-2,6H2,(H,7,8)(H,9,10);;1H2/q;+1;/p-1/t3-;;/m0../s1. The second-order valence-corrected chi connectivity index (χ2v) is 1.86. The maximum absolute atomic E-state index is 9.88. The predicted octanol–water partition coefficient (Wildman–Crippen LogP) is -5.89. The van der Waals surface area contributed by atoms with Gasteiger partial charge in [-0.25, -0.2) is 0 Å². The van der Waals surface area contributed by atoms with Crippen LogP contribution in [0.15, 0.2) is 0 Å². The Kier molecular flexibility index (Phi) is 13.3. The molecule has 0 unspecified atom stereocenters. The zero-order chi connectivity index (χ0) is 8.15. The molecule has 7 heteroatoms. The average molecular weight is 187 g/mol. The Morgan fingerprint density at radius 3 is 2.17 bits per heavy atom. The van der Waals surface area contributed by atoms with Gasteiger partial charge < -0.3 is 26.2 Å². The molecule has 0 bridgehead atoms. The second kappa shape index (κ2) is 8.95. The van der Waals surface area contributed by atoms with Gasteiger partial charge in [0.2, 0.25) is 0 Å². The van der Waals surface area contributed by atoms with Crippen LogP contribution in [0.1, 0.15) is 12.8 Å². The van der Waals surface area contributed by atoms with Crippen LogP contribution in [0.3, 0.4) is 0 Å². The summed E-state index contributed by atoms with van der Waals surface area (Å²) in [6.07, 6.45) is -0.327. The molecule has 0 aliphatic carbocycles. The van der Waals surface area contributed by atoms with Crippen LogP contribution in [0.4, 0.5) is 0 Å². The topological polar surface area (TPSA) is 135 Å². The molecule has 0 aromatic carbocycles. The second-order valence-electron chi connectivity index (χ2n) is 1.86. The number of nitrogens with two attached hydrogens (primary N) is 1. The van der Waals surface area contributed by atoms with Crippen molar-refractivity contribution in [1.82, 2.24) is 0 Å². The van der Waals surface area contributed by atoms with Gasteiger partial charge in [-0.2, -0.15) is 0 Å². The fourth-order valence-corrected chi connectivity index (χ4v) is 0.397. The monoisotopic (exact) mass is 187 g/mol. The van der Waals surface area contributed by atoms with Gasteiger partial charge in [-0.05, 0) is 6.42 Å². The third kappa shape index (κ3) is 9.86. The van der Waals surface area contributed by atoms with Crippen LogP contribution in [0.25, 0.3) is 0 Å². The summed E-state index contributed by atoms with van der Waals surface area (Å²) in [5.41, 5.74) is 4.94. The summed E-state index contributed by atoms with van der Waals surface area (Å²) in [5, 5.41) is 18.0. The first-order chi connectivity index (χ1) is 4.54. The summed E-state index contributed by atoms with van der Waals surface area (Å²) in [6, 6.07) is -1.17. The summed E-state index contributed by atoms with van der Waals surface area (Å²) in [5.74, 6) is -2.47. The molecule has 0 fully saturated rings. The molecule has 5 N–H and O–H groups in total. The van der Waals surface area contributed by atoms with Crippen LogP contribution in [0, 0.1) is 0 Å². The van der Waals surface area contributed by atoms with Crippen molar-refractivity contribution >= 4 is 11.9 Å². The molecule has 66 valence electrons. The third-order valence-electron chi connectivity index (χ3n) is 0.972. The van der Waals surface area contributed by atoms with Crippen molar-refractivity contribution in [2.45, 2.75) is 18.9 Å². The number of carboxylic acid groups (broad SMARTS) is 2. The van der Waals surface area contributed by atoms with Gasteiger partial charge in [0, 0.05) is 12.5 Å². The zero-order valence-electron chi connectivity index (χ0n) is 6.74. The van der Waals surface area contributed by atoms with E-state index >= 15 is 0 Å². The molecule has 6 nitrogen and oxygen atoms in total. The Labute approximate surface area is 91.3 Å². The molecular formula is C5H10NNaO5. The van der Waals surface area contributed by atoms with E-state index < -0.39 is 18.0 Å². The van der Waals surface area contributed by atoms with Crippen LogP contribution in [-0.2, 0) is 9.59 Å². The molecule has 0 saturated heterocycles. The number of carbonyl (C=O) groups is 2. The normalized spacial score (nSPS) is 10.4. The van der Waals surface area contributed by atoms with Crippen LogP contribution in [-0.4, -0.2) is 28.6 Å². The van der Waals surface area contributed by atoms with Crippen molar-refractivity contribution in [3.63, 3.8) is 0 Å². The van der Waals surface area contributed by atoms with Crippen LogP contribution < -0.4 is 40.4 Å². The fraction of sp³-hybridized carbons (Fsp3) is 0.600. The first-order valence-corrected chi connectivity index (χ1v) is 2.72. The van der Waals surface area contributed by atoms with E-state index in [0.717, 1.165) is 0 Å². The van der Waals surface area contributed by atoms with E-state index in [4.69, 9.17) is 10.8 Å². The Hall–Kier alpha value is -0.140. The SMILES string of the molecule is N[C@@H](CCC(=O)O)C(=O)[O-].O.[Na+]. The summed E-state index contributed by atoms with van der Waals surface area (Å²) in [4.78, 5) is 19.7. The number of carbonyl (C=O) groups excluding carboxylic acids is 1. The van der Waals surface area contributed by atoms with Crippen molar-refractivity contribution in [3.05, 3.63) is 0 Å². The smallest absolute Gasteiger partial charge is 0.548 e. The number of hydrogen-bond donors (Lipinski definition) is 2. The van der Waals surface area contributed by atoms with Crippen LogP contribution in [0.5, 0.6) is 0 Å². The molecule has 0 aliphatic heterocycles. The molecule has 0 saturated carbocycles. The molecule has 0 rings (SSSR count). The van der Waals surface area contributed by atoms with E-state index in [1.165, 1.54) is 0 Å². The van der Waals surface area contributed by atoms with E-state index in [9.17, 15) is 14.7 Å². The molecule has 0 radical (unpaired) electrons. The molecular weight excluding hydrogens is 177 g/mol. The fourth-order valence-electron chi connectivity index (χ4n) is 0.397. The summed E-state index contributed by atoms with van der Waals surface area (Å²) in [7, 11) is 0. The minimum absolute atomic E-state index is 0. The minimum atomic E-state index is -1.42. The molecule has 0 spiro atoms. The Balaban J connectivity index is -0.000000405. The maximum Gasteiger partial charge on any atom is 1.00 e. The zero-order valence-corrected chi connectivity index (χ0v) is 8.74. The van der Waals surface area contributed by atoms with E-state index in [0.29, 0.717) is 0 Å². The quantitative estimate of drug-likeness (QED) is 0.422. The molecule has 0 aromatic heterocycles. The summed E-state index contributed by atoms with van der Waals surface area (Å²) in [6.45, 7) is 0. The number of aliphatic carboxylic acids is 2. The molecule has 0 aromatic rings. The van der Waals surface area contributed by atoms with Gasteiger partial charge in [0.15, 0.2) is 0 Å². The molecule has 0 amide bonds. The van der Waals surface area contributed by atoms with Crippen LogP contribution in [0.2, 0.25) is 0 Å². The molecule has 1 atom stereocenters. The number of carboxylic acids is 2. The third-order valence-corrected chi connectivity index (χ3v) is 0.972. The van der Waals surface area contributed by atoms with Crippen molar-refractivity contribution < 1.29 is 54.8 Å². The van der Waals surface area contributed by atoms with Gasteiger partial charge in [-0.1, -0.05) is 0 Å². The van der Waals surface area contributed by atoms with E-state index in [2.05, 4.69) is 0 Å². The Bertz CT molecular complexity index is 151. The Morgan fingerprint density at radius 1 is 1.50 bits per heavy atom. The number of rotatable bonds is 4. The van der Waals surface area contributed by atoms with E-state index in [-0.39, 0.29) is 47.9 Å². The van der Waals surface area contributed by atoms with Crippen molar-refractivity contribution in [1.29, 1.82) is 0 Å². The summed E-state index contributed by atoms with van der Waals surface area (Å²) < 4.78 is 0. The predicted molar refractivity (Wildman–Crippen MR) is 33.5 cm³/mol. The van der Waals surface area contributed by atoms with Gasteiger partial charge in [0.25, 0.3) is 0 Å². The Morgan fingerprint density at radius 2 is 1.92 bits per heavy atom. The van der Waals surface area contributed by atoms with Gasteiger partial charge >= 0.3 is 35.5 Å². The maximum atomic E-state index is 9.88. The summed E-state index contributed by atoms with van der Waals surface area (Å²) >= 11 is 0. The largest absolute Gasteiger partial charge is 1.00 e. The van der Waals surface area contributed by atoms with E-state index in [1.54, 1.807) is 0 Å². The number of hydrogen-bond acceptors (Lipinski definition) is 4.